The number of nitrogens with zero attached hydrogens (tertiary/aromatic N) is 2. The molecule has 0 bridgehead atoms. The molecule has 1 atom stereocenters. The van der Waals surface area contributed by atoms with Gasteiger partial charge in [-0.15, -0.1) is 0 Å². The molecule has 0 aliphatic rings. The molecule has 0 saturated heterocycles. The Labute approximate surface area is 438 Å². The molecule has 21 heteroatoms. The van der Waals surface area contributed by atoms with Crippen molar-refractivity contribution in [2.45, 2.75) is 53.5 Å². The minimum atomic E-state index is -1.27. The summed E-state index contributed by atoms with van der Waals surface area (Å²) in [4.78, 5) is 82.3. The van der Waals surface area contributed by atoms with Gasteiger partial charge >= 0.3 is 29.8 Å². The summed E-state index contributed by atoms with van der Waals surface area (Å²) in [7, 11) is 0. The van der Waals surface area contributed by atoms with Gasteiger partial charge in [0, 0.05) is 65.6 Å². The van der Waals surface area contributed by atoms with Gasteiger partial charge in [-0.1, -0.05) is 27.7 Å². The molecule has 0 fully saturated rings. The van der Waals surface area contributed by atoms with E-state index in [-0.39, 0.29) is 41.8 Å². The lowest BCUT2D eigenvalue weighted by Gasteiger charge is -2.17. The second-order valence-electron chi connectivity index (χ2n) is 15.9. The third-order valence-corrected chi connectivity index (χ3v) is 10.5. The summed E-state index contributed by atoms with van der Waals surface area (Å²) in [5.41, 5.74) is 32.6. The summed E-state index contributed by atoms with van der Waals surface area (Å²) >= 11 is 0. The van der Waals surface area contributed by atoms with E-state index in [1.54, 1.807) is 91.9 Å². The van der Waals surface area contributed by atoms with Gasteiger partial charge in [0.15, 0.2) is 0 Å². The van der Waals surface area contributed by atoms with E-state index >= 15 is 0 Å². The maximum Gasteiger partial charge on any atom is 0.338 e. The highest BCUT2D eigenvalue weighted by molar-refractivity contribution is 5.97. The topological polar surface area (TPSA) is 359 Å². The van der Waals surface area contributed by atoms with Crippen LogP contribution < -0.4 is 39.3 Å². The van der Waals surface area contributed by atoms with Crippen LogP contribution >= 0.6 is 0 Å². The predicted molar refractivity (Wildman–Crippen MR) is 291 cm³/mol. The molecular formula is C54H73N9O12. The second-order valence-corrected chi connectivity index (χ2v) is 15.9. The molecule has 0 radical (unpaired) electrons. The van der Waals surface area contributed by atoms with E-state index in [1.807, 2.05) is 0 Å². The van der Waals surface area contributed by atoms with Gasteiger partial charge < -0.3 is 73.9 Å². The number of likely N-dealkylation sites (N-methyl/N-ethyl adjacent to an activating group) is 2. The van der Waals surface area contributed by atoms with Crippen molar-refractivity contribution in [3.8, 4) is 0 Å². The molecule has 0 saturated carbocycles. The molecule has 21 nitrogen and oxygen atoms in total. The quantitative estimate of drug-likeness (QED) is 0.0305. The number of amides is 2. The standard InChI is InChI=1S/C13H21N3O.C13H20N2O2.C12H14N2O5.C9H11NO2.C7H7NO2/c1-3-16(4-2)10-9-15-13(17)11-5-7-12(14)8-6-11;1-3-15(4-2)9-10-17-13(16)11-5-7-12(14)8-6-11;13-8-3-1-7(2-4-8)11(17)14-9(12(18)19)5-6-10(15)16;1-2-12-9(11)7-3-5-8(10)6-4-7;8-6-3-1-5(2-4-6)7(9)10/h5-8H,3-4,9-10,14H2,1-2H3,(H,15,17);5-8H,3-4,9-10,14H2,1-2H3;1-4,9H,5-6,13H2,(H,14,17)(H,15,16)(H,18,19);3-6H,2,10H2,1H3;1-4H,8H2,(H,9,10)/t;;9-;;/m..0../s1. The Bertz CT molecular complexity index is 2410. The number of nitrogens with two attached hydrogens (primary N) is 5. The number of esters is 2. The van der Waals surface area contributed by atoms with Crippen LogP contribution in [0.2, 0.25) is 0 Å². The van der Waals surface area contributed by atoms with E-state index in [0.717, 1.165) is 39.3 Å². The van der Waals surface area contributed by atoms with Crippen LogP contribution in [0.25, 0.3) is 0 Å². The van der Waals surface area contributed by atoms with Gasteiger partial charge in [-0.2, -0.15) is 0 Å². The first-order chi connectivity index (χ1) is 35.7. The number of carbonyl (C=O) groups excluding carboxylic acids is 4. The average Bonchev–Trinajstić information content (AvgIpc) is 3.39. The Morgan fingerprint density at radius 2 is 0.827 bits per heavy atom. The minimum Gasteiger partial charge on any atom is -0.481 e. The summed E-state index contributed by atoms with van der Waals surface area (Å²) < 4.78 is 9.97. The molecule has 406 valence electrons. The van der Waals surface area contributed by atoms with Gasteiger partial charge in [-0.3, -0.25) is 14.4 Å². The number of carbonyl (C=O) groups is 7. The number of nitrogen functional groups attached to an aromatic ring is 5. The summed E-state index contributed by atoms with van der Waals surface area (Å²) in [5.74, 6) is -4.55. The fourth-order valence-electron chi connectivity index (χ4n) is 5.97. The van der Waals surface area contributed by atoms with Crippen LogP contribution in [-0.4, -0.2) is 132 Å². The number of ether oxygens (including phenoxy) is 2. The Morgan fingerprint density at radius 1 is 0.480 bits per heavy atom. The number of carboxylic acid groups (broad SMARTS) is 3. The van der Waals surface area contributed by atoms with Gasteiger partial charge in [0.2, 0.25) is 0 Å². The van der Waals surface area contributed by atoms with Gasteiger partial charge in [0.05, 0.1) is 23.3 Å². The molecule has 0 unspecified atom stereocenters. The van der Waals surface area contributed by atoms with Crippen molar-refractivity contribution in [2.75, 3.05) is 87.7 Å². The van der Waals surface area contributed by atoms with Gasteiger partial charge in [0.25, 0.3) is 11.8 Å². The molecule has 0 aromatic heterocycles. The molecule has 0 heterocycles. The smallest absolute Gasteiger partial charge is 0.338 e. The number of benzene rings is 5. The molecule has 5 aromatic rings. The molecule has 0 spiro atoms. The Balaban J connectivity index is 0.000000476. The summed E-state index contributed by atoms with van der Waals surface area (Å²) in [6, 6.07) is 31.1. The Kier molecular flexibility index (Phi) is 31.1. The number of hydrogen-bond acceptors (Lipinski definition) is 16. The van der Waals surface area contributed by atoms with E-state index in [0.29, 0.717) is 64.9 Å². The summed E-state index contributed by atoms with van der Waals surface area (Å²) in [5, 5.41) is 31.0. The maximum absolute atomic E-state index is 11.8. The molecule has 5 rings (SSSR count). The minimum absolute atomic E-state index is 0.0443. The number of nitrogens with one attached hydrogen (secondary N) is 2. The van der Waals surface area contributed by atoms with Crippen molar-refractivity contribution >= 4 is 70.1 Å². The first-order valence-corrected chi connectivity index (χ1v) is 24.0. The predicted octanol–water partition coefficient (Wildman–Crippen LogP) is 5.84. The number of anilines is 5. The molecule has 0 aliphatic heterocycles. The van der Waals surface area contributed by atoms with Crippen molar-refractivity contribution in [1.29, 1.82) is 0 Å². The Hall–Kier alpha value is -8.69. The molecule has 15 N–H and O–H groups in total. The van der Waals surface area contributed by atoms with Gasteiger partial charge in [-0.05, 0) is 161 Å². The van der Waals surface area contributed by atoms with Gasteiger partial charge in [-0.25, -0.2) is 19.2 Å². The van der Waals surface area contributed by atoms with E-state index in [4.69, 9.17) is 53.5 Å². The number of aliphatic carboxylic acids is 2. The lowest BCUT2D eigenvalue weighted by Crippen LogP contribution is -2.41. The van der Waals surface area contributed by atoms with Crippen molar-refractivity contribution < 1.29 is 58.4 Å². The highest BCUT2D eigenvalue weighted by Gasteiger charge is 2.21. The van der Waals surface area contributed by atoms with Crippen LogP contribution in [-0.2, 0) is 19.1 Å². The van der Waals surface area contributed by atoms with Crippen molar-refractivity contribution in [1.82, 2.24) is 20.4 Å². The van der Waals surface area contributed by atoms with Gasteiger partial charge in [0.1, 0.15) is 12.6 Å². The number of aromatic carboxylic acids is 1. The van der Waals surface area contributed by atoms with Crippen LogP contribution in [0.5, 0.6) is 0 Å². The molecule has 75 heavy (non-hydrogen) atoms. The average molecular weight is 1040 g/mol. The zero-order valence-electron chi connectivity index (χ0n) is 43.2. The number of rotatable bonds is 21. The molecular weight excluding hydrogens is 967 g/mol. The van der Waals surface area contributed by atoms with Crippen LogP contribution in [0, 0.1) is 0 Å². The molecule has 5 aromatic carbocycles. The summed E-state index contributed by atoms with van der Waals surface area (Å²) in [6.07, 6.45) is -0.510. The second kappa shape index (κ2) is 36.3. The number of carboxylic acids is 3. The van der Waals surface area contributed by atoms with E-state index in [9.17, 15) is 33.6 Å². The zero-order valence-corrected chi connectivity index (χ0v) is 43.2. The normalized spacial score (nSPS) is 10.4. The van der Waals surface area contributed by atoms with Crippen LogP contribution in [0.1, 0.15) is 99.3 Å². The third-order valence-electron chi connectivity index (χ3n) is 10.5. The van der Waals surface area contributed by atoms with E-state index in [1.165, 1.54) is 36.4 Å². The SMILES string of the molecule is CCN(CC)CCNC(=O)c1ccc(N)cc1.CCN(CC)CCOC(=O)c1ccc(N)cc1.CCOC(=O)c1ccc(N)cc1.Nc1ccc(C(=O)N[C@@H](CCC(=O)O)C(=O)O)cc1.Nc1ccc(C(=O)O)cc1. The van der Waals surface area contributed by atoms with Crippen molar-refractivity contribution in [3.63, 3.8) is 0 Å². The molecule has 0 aliphatic carbocycles. The molecule has 2 amide bonds. The monoisotopic (exact) mass is 1040 g/mol. The van der Waals surface area contributed by atoms with E-state index in [2.05, 4.69) is 48.1 Å². The summed E-state index contributed by atoms with van der Waals surface area (Å²) in [6.45, 7) is 17.3. The van der Waals surface area contributed by atoms with Crippen molar-refractivity contribution in [3.05, 3.63) is 149 Å². The van der Waals surface area contributed by atoms with Crippen LogP contribution in [0.15, 0.2) is 121 Å². The number of hydrogen-bond donors (Lipinski definition) is 10. The largest absolute Gasteiger partial charge is 0.481 e. The first kappa shape index (κ1) is 64.3. The fourth-order valence-corrected chi connectivity index (χ4v) is 5.97. The highest BCUT2D eigenvalue weighted by atomic mass is 16.5. The third kappa shape index (κ3) is 27.6. The van der Waals surface area contributed by atoms with Crippen LogP contribution in [0.4, 0.5) is 28.4 Å². The fraction of sp³-hybridized carbons (Fsp3) is 0.315. The van der Waals surface area contributed by atoms with Crippen LogP contribution in [0.3, 0.4) is 0 Å². The lowest BCUT2D eigenvalue weighted by atomic mass is 10.1. The maximum atomic E-state index is 11.8. The highest BCUT2D eigenvalue weighted by Crippen LogP contribution is 2.10. The zero-order chi connectivity index (χ0) is 56.3. The lowest BCUT2D eigenvalue weighted by molar-refractivity contribution is -0.140. The first-order valence-electron chi connectivity index (χ1n) is 24.0. The van der Waals surface area contributed by atoms with Crippen molar-refractivity contribution in [2.24, 2.45) is 0 Å². The van der Waals surface area contributed by atoms with E-state index < -0.39 is 29.9 Å². The Morgan fingerprint density at radius 3 is 1.17 bits per heavy atom.